The van der Waals surface area contributed by atoms with Crippen LogP contribution in [0.15, 0.2) is 91.8 Å². The van der Waals surface area contributed by atoms with Crippen LogP contribution >= 0.6 is 23.2 Å². The predicted octanol–water partition coefficient (Wildman–Crippen LogP) is 4.84. The number of rotatable bonds is 9. The molecule has 2 saturated heterocycles. The van der Waals surface area contributed by atoms with E-state index in [4.69, 9.17) is 37.4 Å². The van der Waals surface area contributed by atoms with Gasteiger partial charge in [0.2, 0.25) is 5.79 Å². The first-order valence-electron chi connectivity index (χ1n) is 14.3. The van der Waals surface area contributed by atoms with Crippen molar-refractivity contribution in [3.05, 3.63) is 107 Å². The van der Waals surface area contributed by atoms with Crippen LogP contribution in [0.4, 0.5) is 11.4 Å². The van der Waals surface area contributed by atoms with Crippen LogP contribution < -0.4 is 14.5 Å². The van der Waals surface area contributed by atoms with Crippen LogP contribution in [-0.2, 0) is 21.8 Å². The van der Waals surface area contributed by atoms with Gasteiger partial charge in [-0.15, -0.1) is 5.10 Å². The van der Waals surface area contributed by atoms with Crippen molar-refractivity contribution < 1.29 is 14.2 Å². The van der Waals surface area contributed by atoms with Crippen LogP contribution in [0.1, 0.15) is 5.56 Å². The van der Waals surface area contributed by atoms with Gasteiger partial charge >= 0.3 is 0 Å². The summed E-state index contributed by atoms with van der Waals surface area (Å²) in [6.07, 6.45) is 6.60. The number of imidazole rings is 1. The smallest absolute Gasteiger partial charge is 0.215 e. The Kier molecular flexibility index (Phi) is 8.09. The monoisotopic (exact) mass is 632 g/mol. The Bertz CT molecular complexity index is 1660. The molecule has 4 heterocycles. The average molecular weight is 634 g/mol. The molecule has 0 radical (unpaired) electrons. The third kappa shape index (κ3) is 6.09. The molecule has 3 aromatic carbocycles. The number of aromatic nitrogens is 6. The van der Waals surface area contributed by atoms with Gasteiger partial charge in [0.1, 0.15) is 24.8 Å². The van der Waals surface area contributed by atoms with Crippen molar-refractivity contribution in [2.75, 3.05) is 49.2 Å². The minimum absolute atomic E-state index is 0.292. The van der Waals surface area contributed by atoms with Crippen LogP contribution in [-0.4, -0.2) is 75.3 Å². The molecule has 7 rings (SSSR count). The van der Waals surface area contributed by atoms with E-state index in [1.54, 1.807) is 35.7 Å². The molecule has 13 heteroatoms. The molecule has 0 bridgehead atoms. The number of anilines is 2. The number of hydrogen-bond acceptors (Lipinski definition) is 9. The van der Waals surface area contributed by atoms with Crippen LogP contribution in [0.3, 0.4) is 0 Å². The van der Waals surface area contributed by atoms with E-state index in [9.17, 15) is 0 Å². The lowest BCUT2D eigenvalue weighted by Crippen LogP contribution is -2.46. The van der Waals surface area contributed by atoms with Gasteiger partial charge in [0, 0.05) is 60.5 Å². The highest BCUT2D eigenvalue weighted by Gasteiger charge is 2.45. The number of ether oxygens (including phenoxy) is 3. The molecule has 11 nitrogen and oxygen atoms in total. The molecule has 2 atom stereocenters. The average Bonchev–Trinajstić information content (AvgIpc) is 3.85. The van der Waals surface area contributed by atoms with Gasteiger partial charge in [-0.25, -0.2) is 9.67 Å². The van der Waals surface area contributed by atoms with E-state index in [2.05, 4.69) is 54.6 Å². The molecule has 2 aliphatic heterocycles. The summed E-state index contributed by atoms with van der Waals surface area (Å²) in [5, 5.41) is 12.4. The van der Waals surface area contributed by atoms with Crippen LogP contribution in [0, 0.1) is 0 Å². The van der Waals surface area contributed by atoms with E-state index in [1.807, 2.05) is 41.1 Å². The molecule has 0 N–H and O–H groups in total. The van der Waals surface area contributed by atoms with Crippen molar-refractivity contribution in [3.63, 3.8) is 0 Å². The van der Waals surface area contributed by atoms with Crippen molar-refractivity contribution in [1.29, 1.82) is 0 Å². The summed E-state index contributed by atoms with van der Waals surface area (Å²) < 4.78 is 22.5. The van der Waals surface area contributed by atoms with E-state index in [-0.39, 0.29) is 6.10 Å². The summed E-state index contributed by atoms with van der Waals surface area (Å²) in [6, 6.07) is 21.8. The van der Waals surface area contributed by atoms with Gasteiger partial charge in [-0.2, -0.15) is 0 Å². The topological polar surface area (TPSA) is 95.6 Å². The number of hydrogen-bond donors (Lipinski definition) is 0. The fourth-order valence-electron chi connectivity index (χ4n) is 5.64. The Balaban J connectivity index is 0.936. The van der Waals surface area contributed by atoms with E-state index in [0.29, 0.717) is 35.4 Å². The Morgan fingerprint density at radius 1 is 0.864 bits per heavy atom. The van der Waals surface area contributed by atoms with Crippen molar-refractivity contribution in [2.45, 2.75) is 18.4 Å². The van der Waals surface area contributed by atoms with Crippen molar-refractivity contribution in [1.82, 2.24) is 29.8 Å². The summed E-state index contributed by atoms with van der Waals surface area (Å²) in [7, 11) is 0. The van der Waals surface area contributed by atoms with Crippen molar-refractivity contribution >= 4 is 34.6 Å². The zero-order valence-electron chi connectivity index (χ0n) is 23.7. The first kappa shape index (κ1) is 28.6. The van der Waals surface area contributed by atoms with E-state index < -0.39 is 5.79 Å². The largest absolute Gasteiger partial charge is 0.491 e. The van der Waals surface area contributed by atoms with Crippen molar-refractivity contribution in [2.24, 2.45) is 0 Å². The highest BCUT2D eigenvalue weighted by molar-refractivity contribution is 6.35. The van der Waals surface area contributed by atoms with Crippen LogP contribution in [0.5, 0.6) is 5.75 Å². The minimum atomic E-state index is -1.08. The molecular weight excluding hydrogens is 603 g/mol. The molecule has 2 aromatic heterocycles. The second kappa shape index (κ2) is 12.4. The van der Waals surface area contributed by atoms with Gasteiger partial charge in [0.05, 0.1) is 30.2 Å². The van der Waals surface area contributed by atoms with Gasteiger partial charge in [0.25, 0.3) is 0 Å². The lowest BCUT2D eigenvalue weighted by atomic mass is 10.1. The predicted molar refractivity (Wildman–Crippen MR) is 167 cm³/mol. The highest BCUT2D eigenvalue weighted by Crippen LogP contribution is 2.40. The molecule has 0 amide bonds. The number of nitrogens with zero attached hydrogens (tertiary/aromatic N) is 8. The van der Waals surface area contributed by atoms with Gasteiger partial charge < -0.3 is 28.6 Å². The van der Waals surface area contributed by atoms with Gasteiger partial charge in [-0.05, 0) is 71.1 Å². The normalized spacial score (nSPS) is 20.3. The van der Waals surface area contributed by atoms with Gasteiger partial charge in [0.15, 0.2) is 0 Å². The maximum atomic E-state index is 6.59. The minimum Gasteiger partial charge on any atom is -0.491 e. The first-order valence-corrected chi connectivity index (χ1v) is 15.1. The Morgan fingerprint density at radius 2 is 1.57 bits per heavy atom. The molecule has 2 fully saturated rings. The molecule has 226 valence electrons. The molecule has 0 unspecified atom stereocenters. The lowest BCUT2D eigenvalue weighted by Gasteiger charge is -2.37. The SMILES string of the molecule is Clc1ccc([C@]2(Cn3ccnc3)OC[C@@H](COc3ccc(N4CCN(c5ccc(-n6cnnn6)cc5)CC4)cc3)O2)c(Cl)c1. The number of halogens is 2. The Morgan fingerprint density at radius 3 is 2.20 bits per heavy atom. The third-order valence-electron chi connectivity index (χ3n) is 7.90. The Hall–Kier alpha value is -4.16. The summed E-state index contributed by atoms with van der Waals surface area (Å²) >= 11 is 12.7. The van der Waals surface area contributed by atoms with Gasteiger partial charge in [-0.3, -0.25) is 0 Å². The summed E-state index contributed by atoms with van der Waals surface area (Å²) in [5.41, 5.74) is 4.01. The molecule has 44 heavy (non-hydrogen) atoms. The number of tetrazole rings is 1. The third-order valence-corrected chi connectivity index (χ3v) is 8.44. The second-order valence-electron chi connectivity index (χ2n) is 10.7. The molecule has 5 aromatic rings. The zero-order chi connectivity index (χ0) is 29.9. The van der Waals surface area contributed by atoms with E-state index in [0.717, 1.165) is 37.6 Å². The molecular formula is C31H30Cl2N8O3. The summed E-state index contributed by atoms with van der Waals surface area (Å²) in [4.78, 5) is 8.94. The lowest BCUT2D eigenvalue weighted by molar-refractivity contribution is -0.189. The summed E-state index contributed by atoms with van der Waals surface area (Å²) in [5.74, 6) is -0.311. The highest BCUT2D eigenvalue weighted by atomic mass is 35.5. The molecule has 0 saturated carbocycles. The quantitative estimate of drug-likeness (QED) is 0.226. The zero-order valence-corrected chi connectivity index (χ0v) is 25.3. The molecule has 0 aliphatic carbocycles. The van der Waals surface area contributed by atoms with Gasteiger partial charge in [-0.1, -0.05) is 29.3 Å². The fraction of sp³-hybridized carbons (Fsp3) is 0.290. The van der Waals surface area contributed by atoms with Crippen LogP contribution in [0.2, 0.25) is 10.0 Å². The van der Waals surface area contributed by atoms with Crippen molar-refractivity contribution in [3.8, 4) is 11.4 Å². The fourth-order valence-corrected chi connectivity index (χ4v) is 6.19. The van der Waals surface area contributed by atoms with E-state index >= 15 is 0 Å². The standard InChI is InChI=1S/C31H30Cl2N8O3/c32-23-1-10-29(30(33)17-23)31(20-38-12-11-34-21-38)43-19-28(44-31)18-42-27-8-6-25(7-9-27)40-15-13-39(14-16-40)24-2-4-26(5-3-24)41-22-35-36-37-41/h1-12,17,21-22,28H,13-16,18-20H2/t28-,31-/m1/s1. The summed E-state index contributed by atoms with van der Waals surface area (Å²) in [6.45, 7) is 4.79. The number of benzene rings is 3. The molecule has 0 spiro atoms. The maximum absolute atomic E-state index is 6.59. The molecule has 2 aliphatic rings. The maximum Gasteiger partial charge on any atom is 0.215 e. The van der Waals surface area contributed by atoms with Crippen LogP contribution in [0.25, 0.3) is 5.69 Å². The van der Waals surface area contributed by atoms with E-state index in [1.165, 1.54) is 11.4 Å². The number of piperazine rings is 1. The first-order chi connectivity index (χ1) is 21.5. The Labute approximate surface area is 264 Å². The second-order valence-corrected chi connectivity index (χ2v) is 11.6.